The normalized spacial score (nSPS) is 10.6. The van der Waals surface area contributed by atoms with Gasteiger partial charge in [-0.05, 0) is 18.2 Å². The molecule has 0 aliphatic rings. The van der Waals surface area contributed by atoms with Gasteiger partial charge in [-0.25, -0.2) is 9.37 Å². The van der Waals surface area contributed by atoms with Crippen molar-refractivity contribution in [3.63, 3.8) is 0 Å². The monoisotopic (exact) mass is 309 g/mol. The first-order valence-electron chi connectivity index (χ1n) is 4.45. The molecule has 0 unspecified atom stereocenters. The van der Waals surface area contributed by atoms with E-state index in [-0.39, 0.29) is 20.8 Å². The smallest absolute Gasteiger partial charge is 0.168 e. The van der Waals surface area contributed by atoms with Gasteiger partial charge in [-0.1, -0.05) is 46.4 Å². The molecule has 0 radical (unpaired) electrons. The third-order valence-electron chi connectivity index (χ3n) is 2.12. The molecule has 0 amide bonds. The first-order chi connectivity index (χ1) is 8.00. The van der Waals surface area contributed by atoms with Crippen molar-refractivity contribution in [2.24, 2.45) is 0 Å². The standard InChI is InChI=1S/C11H4Cl4FN/c12-5-3-7(13)9(8(14)4-5)6-1-2-17-11(15)10(6)16/h1-4H. The Hall–Kier alpha value is -0.540. The summed E-state index contributed by atoms with van der Waals surface area (Å²) >= 11 is 23.4. The van der Waals surface area contributed by atoms with Crippen LogP contribution in [0.2, 0.25) is 20.2 Å². The summed E-state index contributed by atoms with van der Waals surface area (Å²) in [6, 6.07) is 4.42. The van der Waals surface area contributed by atoms with E-state index in [1.165, 1.54) is 24.4 Å². The number of pyridine rings is 1. The summed E-state index contributed by atoms with van der Waals surface area (Å²) in [5.41, 5.74) is 0.538. The van der Waals surface area contributed by atoms with E-state index >= 15 is 0 Å². The van der Waals surface area contributed by atoms with Gasteiger partial charge in [0, 0.05) is 22.3 Å². The van der Waals surface area contributed by atoms with Crippen LogP contribution in [0.15, 0.2) is 24.4 Å². The molecule has 1 aromatic heterocycles. The second-order valence-corrected chi connectivity index (χ2v) is 4.82. The SMILES string of the molecule is Fc1c(-c2c(Cl)cc(Cl)cc2Cl)ccnc1Cl. The number of hydrogen-bond donors (Lipinski definition) is 0. The van der Waals surface area contributed by atoms with Crippen LogP contribution in [0.1, 0.15) is 0 Å². The van der Waals surface area contributed by atoms with E-state index < -0.39 is 5.82 Å². The third-order valence-corrected chi connectivity index (χ3v) is 3.20. The molecule has 2 aromatic rings. The largest absolute Gasteiger partial charge is 0.242 e. The number of hydrogen-bond acceptors (Lipinski definition) is 1. The molecule has 0 bridgehead atoms. The molecule has 0 spiro atoms. The molecule has 0 saturated heterocycles. The second-order valence-electron chi connectivity index (χ2n) is 3.21. The molecule has 0 N–H and O–H groups in total. The highest BCUT2D eigenvalue weighted by Gasteiger charge is 2.16. The van der Waals surface area contributed by atoms with Crippen molar-refractivity contribution in [1.29, 1.82) is 0 Å². The maximum atomic E-state index is 13.8. The predicted octanol–water partition coefficient (Wildman–Crippen LogP) is 5.50. The summed E-state index contributed by atoms with van der Waals surface area (Å²) in [4.78, 5) is 3.62. The van der Waals surface area contributed by atoms with Crippen molar-refractivity contribution in [2.45, 2.75) is 0 Å². The molecule has 0 atom stereocenters. The molecule has 0 aliphatic carbocycles. The van der Waals surface area contributed by atoms with Crippen molar-refractivity contribution < 1.29 is 4.39 Å². The molecule has 6 heteroatoms. The number of rotatable bonds is 1. The molecular formula is C11H4Cl4FN. The van der Waals surface area contributed by atoms with E-state index in [4.69, 9.17) is 46.4 Å². The molecule has 0 aliphatic heterocycles. The zero-order valence-electron chi connectivity index (χ0n) is 8.15. The van der Waals surface area contributed by atoms with E-state index in [2.05, 4.69) is 4.98 Å². The van der Waals surface area contributed by atoms with Crippen LogP contribution in [-0.4, -0.2) is 4.98 Å². The molecule has 1 nitrogen and oxygen atoms in total. The van der Waals surface area contributed by atoms with Gasteiger partial charge in [-0.3, -0.25) is 0 Å². The minimum absolute atomic E-state index is 0.191. The highest BCUT2D eigenvalue weighted by Crippen LogP contribution is 2.39. The van der Waals surface area contributed by atoms with Crippen LogP contribution in [0.3, 0.4) is 0 Å². The fourth-order valence-corrected chi connectivity index (χ4v) is 2.59. The summed E-state index contributed by atoms with van der Waals surface area (Å²) in [5, 5.41) is 0.654. The van der Waals surface area contributed by atoms with Crippen LogP contribution < -0.4 is 0 Å². The Morgan fingerprint density at radius 2 is 1.59 bits per heavy atom. The van der Waals surface area contributed by atoms with Gasteiger partial charge in [0.2, 0.25) is 0 Å². The fourth-order valence-electron chi connectivity index (χ4n) is 1.41. The molecule has 88 valence electrons. The molecule has 2 rings (SSSR count). The Bertz CT molecular complexity index is 563. The van der Waals surface area contributed by atoms with Crippen LogP contribution in [-0.2, 0) is 0 Å². The summed E-state index contributed by atoms with van der Waals surface area (Å²) < 4.78 is 13.8. The highest BCUT2D eigenvalue weighted by atomic mass is 35.5. The zero-order chi connectivity index (χ0) is 12.6. The molecule has 1 aromatic carbocycles. The van der Waals surface area contributed by atoms with Gasteiger partial charge in [0.15, 0.2) is 11.0 Å². The molecular weight excluding hydrogens is 307 g/mol. The average Bonchev–Trinajstić information content (AvgIpc) is 2.23. The van der Waals surface area contributed by atoms with Crippen molar-refractivity contribution in [1.82, 2.24) is 4.98 Å². The van der Waals surface area contributed by atoms with Gasteiger partial charge in [0.25, 0.3) is 0 Å². The van der Waals surface area contributed by atoms with E-state index in [1.807, 2.05) is 0 Å². The van der Waals surface area contributed by atoms with Gasteiger partial charge >= 0.3 is 0 Å². The summed E-state index contributed by atoms with van der Waals surface area (Å²) in [6.07, 6.45) is 1.38. The van der Waals surface area contributed by atoms with Crippen LogP contribution in [0, 0.1) is 5.82 Å². The summed E-state index contributed by atoms with van der Waals surface area (Å²) in [6.45, 7) is 0. The Labute approximate surface area is 117 Å². The molecule has 0 saturated carbocycles. The van der Waals surface area contributed by atoms with Crippen LogP contribution >= 0.6 is 46.4 Å². The lowest BCUT2D eigenvalue weighted by atomic mass is 10.1. The lowest BCUT2D eigenvalue weighted by Crippen LogP contribution is -1.90. The Kier molecular flexibility index (Phi) is 3.79. The Balaban J connectivity index is 2.73. The van der Waals surface area contributed by atoms with Crippen molar-refractivity contribution in [3.8, 4) is 11.1 Å². The highest BCUT2D eigenvalue weighted by molar-refractivity contribution is 6.42. The van der Waals surface area contributed by atoms with Crippen LogP contribution in [0.5, 0.6) is 0 Å². The van der Waals surface area contributed by atoms with Crippen LogP contribution in [0.25, 0.3) is 11.1 Å². The maximum absolute atomic E-state index is 13.8. The van der Waals surface area contributed by atoms with Crippen molar-refractivity contribution in [3.05, 3.63) is 50.4 Å². The Morgan fingerprint density at radius 1 is 1.00 bits per heavy atom. The van der Waals surface area contributed by atoms with E-state index in [9.17, 15) is 4.39 Å². The summed E-state index contributed by atoms with van der Waals surface area (Å²) in [7, 11) is 0. The topological polar surface area (TPSA) is 12.9 Å². The molecule has 1 heterocycles. The fraction of sp³-hybridized carbons (Fsp3) is 0. The molecule has 0 fully saturated rings. The minimum Gasteiger partial charge on any atom is -0.242 e. The third kappa shape index (κ3) is 2.50. The molecule has 17 heavy (non-hydrogen) atoms. The number of benzene rings is 1. The van der Waals surface area contributed by atoms with Gasteiger partial charge in [-0.15, -0.1) is 0 Å². The second kappa shape index (κ2) is 4.99. The quantitative estimate of drug-likeness (QED) is 0.634. The lowest BCUT2D eigenvalue weighted by Gasteiger charge is -2.09. The first kappa shape index (κ1) is 12.9. The average molecular weight is 311 g/mol. The maximum Gasteiger partial charge on any atom is 0.168 e. The van der Waals surface area contributed by atoms with Gasteiger partial charge < -0.3 is 0 Å². The summed E-state index contributed by atoms with van der Waals surface area (Å²) in [5.74, 6) is -0.666. The first-order valence-corrected chi connectivity index (χ1v) is 5.97. The van der Waals surface area contributed by atoms with E-state index in [0.717, 1.165) is 0 Å². The van der Waals surface area contributed by atoms with Crippen molar-refractivity contribution in [2.75, 3.05) is 0 Å². The predicted molar refractivity (Wildman–Crippen MR) is 69.7 cm³/mol. The van der Waals surface area contributed by atoms with Gasteiger partial charge in [-0.2, -0.15) is 0 Å². The number of nitrogens with zero attached hydrogens (tertiary/aromatic N) is 1. The Morgan fingerprint density at radius 3 is 2.18 bits per heavy atom. The number of halogens is 5. The van der Waals surface area contributed by atoms with Crippen molar-refractivity contribution >= 4 is 46.4 Å². The van der Waals surface area contributed by atoms with Crippen LogP contribution in [0.4, 0.5) is 4.39 Å². The number of aromatic nitrogens is 1. The van der Waals surface area contributed by atoms with E-state index in [1.54, 1.807) is 0 Å². The van der Waals surface area contributed by atoms with Gasteiger partial charge in [0.1, 0.15) is 0 Å². The van der Waals surface area contributed by atoms with Gasteiger partial charge in [0.05, 0.1) is 10.0 Å². The zero-order valence-corrected chi connectivity index (χ0v) is 11.2. The van der Waals surface area contributed by atoms with E-state index in [0.29, 0.717) is 10.6 Å². The lowest BCUT2D eigenvalue weighted by molar-refractivity contribution is 0.625. The minimum atomic E-state index is -0.666.